The zero-order chi connectivity index (χ0) is 54.3. The van der Waals surface area contributed by atoms with Crippen molar-refractivity contribution < 1.29 is 24.5 Å². The Hall–Kier alpha value is -1.40. The summed E-state index contributed by atoms with van der Waals surface area (Å²) in [4.78, 5) is 24.5. The highest BCUT2D eigenvalue weighted by molar-refractivity contribution is 5.76. The zero-order valence-electron chi connectivity index (χ0n) is 51.1. The molecule has 2 unspecified atom stereocenters. The van der Waals surface area contributed by atoms with Crippen molar-refractivity contribution in [2.45, 2.75) is 405 Å². The van der Waals surface area contributed by atoms with Gasteiger partial charge in [0, 0.05) is 12.8 Å². The number of carbonyl (C=O) groups excluding carboxylic acids is 2. The Morgan fingerprint density at radius 1 is 0.360 bits per heavy atom. The second-order valence-corrected chi connectivity index (χ2v) is 23.9. The van der Waals surface area contributed by atoms with Gasteiger partial charge >= 0.3 is 5.97 Å². The van der Waals surface area contributed by atoms with Crippen molar-refractivity contribution >= 4 is 11.9 Å². The van der Waals surface area contributed by atoms with Gasteiger partial charge in [-0.2, -0.15) is 0 Å². The Morgan fingerprint density at radius 2 is 0.627 bits per heavy atom. The van der Waals surface area contributed by atoms with Crippen LogP contribution in [0.4, 0.5) is 0 Å². The largest absolute Gasteiger partial charge is 0.466 e. The first-order chi connectivity index (χ1) is 37.0. The minimum absolute atomic E-state index is 0.0229. The second kappa shape index (κ2) is 65.1. The molecule has 0 fully saturated rings. The Bertz CT molecular complexity index is 1130. The predicted molar refractivity (Wildman–Crippen MR) is 329 cm³/mol. The minimum Gasteiger partial charge on any atom is -0.466 e. The van der Waals surface area contributed by atoms with Crippen LogP contribution in [-0.2, 0) is 14.3 Å². The fourth-order valence-electron chi connectivity index (χ4n) is 11.1. The number of aliphatic hydroxyl groups excluding tert-OH is 2. The predicted octanol–water partition coefficient (Wildman–Crippen LogP) is 22.0. The third kappa shape index (κ3) is 61.7. The summed E-state index contributed by atoms with van der Waals surface area (Å²) >= 11 is 0. The maximum Gasteiger partial charge on any atom is 0.305 e. The Kier molecular flexibility index (Phi) is 63.9. The van der Waals surface area contributed by atoms with Gasteiger partial charge in [0.2, 0.25) is 5.91 Å². The van der Waals surface area contributed by atoms with Gasteiger partial charge in [-0.15, -0.1) is 0 Å². The highest BCUT2D eigenvalue weighted by Crippen LogP contribution is 2.19. The van der Waals surface area contributed by atoms with Crippen LogP contribution in [0.15, 0.2) is 12.2 Å². The van der Waals surface area contributed by atoms with Gasteiger partial charge in [-0.3, -0.25) is 9.59 Å². The normalized spacial score (nSPS) is 12.5. The van der Waals surface area contributed by atoms with Gasteiger partial charge in [0.05, 0.1) is 25.4 Å². The quantitative estimate of drug-likeness (QED) is 0.0320. The maximum absolute atomic E-state index is 12.4. The molecule has 6 nitrogen and oxygen atoms in total. The Balaban J connectivity index is 3.30. The lowest BCUT2D eigenvalue weighted by Crippen LogP contribution is -2.45. The minimum atomic E-state index is -0.659. The van der Waals surface area contributed by atoms with E-state index in [4.69, 9.17) is 4.74 Å². The summed E-state index contributed by atoms with van der Waals surface area (Å²) in [6.45, 7) is 4.97. The standard InChI is InChI=1S/C69H135NO5/c1-3-5-7-9-11-13-14-15-16-33-37-40-43-47-51-55-59-63-69(74)75-64-60-56-52-48-44-41-38-35-32-30-28-26-24-22-20-18-17-19-21-23-25-27-29-31-34-36-39-42-46-50-54-58-62-68(73)70-66(65-71)67(72)61-57-53-49-45-12-10-8-6-4-2/h20,22,66-67,71-72H,3-19,21,23-65H2,1-2H3,(H,70,73)/b22-20-. The second-order valence-electron chi connectivity index (χ2n) is 23.9. The van der Waals surface area contributed by atoms with Crippen LogP contribution < -0.4 is 5.32 Å². The number of amides is 1. The van der Waals surface area contributed by atoms with Crippen molar-refractivity contribution in [2.24, 2.45) is 0 Å². The SMILES string of the molecule is CCCCCCCCCCCCCCCCCCCC(=O)OCCCCCCCCCCCCCC/C=C\CCCCCCCCCCCCCCCCCCC(=O)NC(CO)C(O)CCCCCCCCCCC. The van der Waals surface area contributed by atoms with Crippen molar-refractivity contribution in [1.82, 2.24) is 5.32 Å². The zero-order valence-corrected chi connectivity index (χ0v) is 51.1. The Labute approximate surface area is 469 Å². The third-order valence-electron chi connectivity index (χ3n) is 16.3. The summed E-state index contributed by atoms with van der Waals surface area (Å²) in [6, 6.07) is -0.536. The molecule has 0 aliphatic carbocycles. The molecule has 0 aliphatic rings. The van der Waals surface area contributed by atoms with E-state index in [-0.39, 0.29) is 18.5 Å². The number of aliphatic hydroxyl groups is 2. The van der Waals surface area contributed by atoms with Crippen LogP contribution in [0.3, 0.4) is 0 Å². The summed E-state index contributed by atoms with van der Waals surface area (Å²) in [5.41, 5.74) is 0. The van der Waals surface area contributed by atoms with E-state index >= 15 is 0 Å². The van der Waals surface area contributed by atoms with Crippen LogP contribution >= 0.6 is 0 Å². The van der Waals surface area contributed by atoms with Gasteiger partial charge in [0.15, 0.2) is 0 Å². The topological polar surface area (TPSA) is 95.9 Å². The molecular formula is C69H135NO5. The number of carbonyl (C=O) groups is 2. The van der Waals surface area contributed by atoms with Crippen LogP contribution in [0.1, 0.15) is 393 Å². The molecule has 0 aromatic rings. The molecular weight excluding hydrogens is 923 g/mol. The first-order valence-corrected chi connectivity index (χ1v) is 34.4. The van der Waals surface area contributed by atoms with E-state index in [2.05, 4.69) is 31.3 Å². The molecule has 0 saturated carbocycles. The lowest BCUT2D eigenvalue weighted by atomic mass is 10.0. The number of hydrogen-bond donors (Lipinski definition) is 3. The Morgan fingerprint density at radius 3 is 0.947 bits per heavy atom. The fraction of sp³-hybridized carbons (Fsp3) is 0.942. The molecule has 6 heteroatoms. The molecule has 1 amide bonds. The molecule has 0 saturated heterocycles. The van der Waals surface area contributed by atoms with Gasteiger partial charge in [0.1, 0.15) is 0 Å². The van der Waals surface area contributed by atoms with Gasteiger partial charge in [-0.25, -0.2) is 0 Å². The van der Waals surface area contributed by atoms with Gasteiger partial charge in [0.25, 0.3) is 0 Å². The van der Waals surface area contributed by atoms with E-state index in [0.717, 1.165) is 38.5 Å². The van der Waals surface area contributed by atoms with Gasteiger partial charge < -0.3 is 20.3 Å². The molecule has 75 heavy (non-hydrogen) atoms. The first kappa shape index (κ1) is 73.6. The summed E-state index contributed by atoms with van der Waals surface area (Å²) in [7, 11) is 0. The van der Waals surface area contributed by atoms with Crippen LogP contribution in [-0.4, -0.2) is 47.4 Å². The molecule has 0 aliphatic heterocycles. The van der Waals surface area contributed by atoms with E-state index in [1.54, 1.807) is 0 Å². The molecule has 0 aromatic carbocycles. The summed E-state index contributed by atoms with van der Waals surface area (Å²) in [6.07, 6.45) is 79.9. The van der Waals surface area contributed by atoms with E-state index in [1.807, 2.05) is 0 Å². The molecule has 2 atom stereocenters. The van der Waals surface area contributed by atoms with E-state index in [9.17, 15) is 19.8 Å². The van der Waals surface area contributed by atoms with E-state index < -0.39 is 12.1 Å². The van der Waals surface area contributed by atoms with E-state index in [1.165, 1.54) is 321 Å². The molecule has 0 heterocycles. The lowest BCUT2D eigenvalue weighted by molar-refractivity contribution is -0.143. The number of unbranched alkanes of at least 4 members (excludes halogenated alkanes) is 52. The molecule has 0 rings (SSSR count). The molecule has 0 bridgehead atoms. The molecule has 0 aromatic heterocycles. The number of hydrogen-bond acceptors (Lipinski definition) is 5. The van der Waals surface area contributed by atoms with Crippen molar-refractivity contribution in [1.29, 1.82) is 0 Å². The van der Waals surface area contributed by atoms with Crippen LogP contribution in [0.5, 0.6) is 0 Å². The highest BCUT2D eigenvalue weighted by Gasteiger charge is 2.20. The van der Waals surface area contributed by atoms with Gasteiger partial charge in [-0.1, -0.05) is 341 Å². The number of allylic oxidation sites excluding steroid dienone is 2. The fourth-order valence-corrected chi connectivity index (χ4v) is 11.1. The summed E-state index contributed by atoms with van der Waals surface area (Å²) < 4.78 is 5.51. The van der Waals surface area contributed by atoms with Crippen LogP contribution in [0, 0.1) is 0 Å². The molecule has 0 radical (unpaired) electrons. The van der Waals surface area contributed by atoms with Gasteiger partial charge in [-0.05, 0) is 51.4 Å². The summed E-state index contributed by atoms with van der Waals surface area (Å²) in [5.74, 6) is -0.00994. The number of nitrogens with one attached hydrogen (secondary N) is 1. The smallest absolute Gasteiger partial charge is 0.305 e. The molecule has 0 spiro atoms. The highest BCUT2D eigenvalue weighted by atomic mass is 16.5. The average molecular weight is 1060 g/mol. The molecule has 446 valence electrons. The van der Waals surface area contributed by atoms with Crippen molar-refractivity contribution in [3.05, 3.63) is 12.2 Å². The van der Waals surface area contributed by atoms with Crippen LogP contribution in [0.25, 0.3) is 0 Å². The third-order valence-corrected chi connectivity index (χ3v) is 16.3. The van der Waals surface area contributed by atoms with Crippen molar-refractivity contribution in [3.63, 3.8) is 0 Å². The molecule has 3 N–H and O–H groups in total. The summed E-state index contributed by atoms with van der Waals surface area (Å²) in [5, 5.41) is 23.1. The van der Waals surface area contributed by atoms with Crippen molar-refractivity contribution in [3.8, 4) is 0 Å². The average Bonchev–Trinajstić information content (AvgIpc) is 3.41. The first-order valence-electron chi connectivity index (χ1n) is 34.4. The van der Waals surface area contributed by atoms with E-state index in [0.29, 0.717) is 25.9 Å². The van der Waals surface area contributed by atoms with Crippen molar-refractivity contribution in [2.75, 3.05) is 13.2 Å². The number of esters is 1. The van der Waals surface area contributed by atoms with Crippen LogP contribution in [0.2, 0.25) is 0 Å². The number of ether oxygens (including phenoxy) is 1. The monoisotopic (exact) mass is 1060 g/mol. The number of rotatable bonds is 65. The maximum atomic E-state index is 12.4. The lowest BCUT2D eigenvalue weighted by Gasteiger charge is -2.22.